The van der Waals surface area contributed by atoms with Gasteiger partial charge in [0.15, 0.2) is 0 Å². The lowest BCUT2D eigenvalue weighted by Crippen LogP contribution is -2.34. The van der Waals surface area contributed by atoms with E-state index in [4.69, 9.17) is 10.7 Å². The second-order valence-electron chi connectivity index (χ2n) is 10.0. The van der Waals surface area contributed by atoms with Crippen molar-refractivity contribution in [1.29, 1.82) is 0 Å². The van der Waals surface area contributed by atoms with Crippen molar-refractivity contribution in [2.75, 3.05) is 25.9 Å². The Balaban J connectivity index is 1.66. The number of nitrogens with two attached hydrogens (primary N) is 1. The number of rotatable bonds is 7. The number of alkyl halides is 2. The van der Waals surface area contributed by atoms with E-state index in [1.54, 1.807) is 6.92 Å². The van der Waals surface area contributed by atoms with Crippen LogP contribution in [0.25, 0.3) is 5.70 Å². The lowest BCUT2D eigenvalue weighted by atomic mass is 9.94. The second kappa shape index (κ2) is 7.31. The summed E-state index contributed by atoms with van der Waals surface area (Å²) in [5.74, 6) is 7.72. The Morgan fingerprint density at radius 1 is 1.32 bits per heavy atom. The van der Waals surface area contributed by atoms with Gasteiger partial charge in [-0.1, -0.05) is 36.9 Å². The van der Waals surface area contributed by atoms with Gasteiger partial charge in [-0.05, 0) is 54.7 Å². The van der Waals surface area contributed by atoms with Gasteiger partial charge in [0.1, 0.15) is 0 Å². The van der Waals surface area contributed by atoms with Crippen molar-refractivity contribution in [2.45, 2.75) is 43.5 Å². The summed E-state index contributed by atoms with van der Waals surface area (Å²) >= 11 is 0. The highest BCUT2D eigenvalue weighted by Gasteiger charge is 2.72. The first kappa shape index (κ1) is 22.3. The Morgan fingerprint density at radius 3 is 2.61 bits per heavy atom. The van der Waals surface area contributed by atoms with Crippen molar-refractivity contribution in [3.8, 4) is 0 Å². The van der Waals surface area contributed by atoms with E-state index in [1.807, 2.05) is 18.4 Å². The molecule has 2 aliphatic heterocycles. The van der Waals surface area contributed by atoms with Crippen molar-refractivity contribution >= 4 is 32.4 Å². The Morgan fingerprint density at radius 2 is 2.03 bits per heavy atom. The van der Waals surface area contributed by atoms with Crippen LogP contribution in [-0.2, 0) is 6.42 Å². The predicted molar refractivity (Wildman–Crippen MR) is 132 cm³/mol. The molecule has 0 amide bonds. The molecule has 1 saturated heterocycles. The molecule has 0 bridgehead atoms. The fraction of sp³-hybridized carbons (Fsp3) is 0.480. The SMILES string of the molecule is C=C(c1cc(S(=C)(=C)C)ccc1CC(C)C(F)F)N1CC2(N)CC2(C2=NCC(C)=C2)C1. The summed E-state index contributed by atoms with van der Waals surface area (Å²) in [6, 6.07) is 5.99. The van der Waals surface area contributed by atoms with Crippen LogP contribution < -0.4 is 5.73 Å². The molecule has 3 unspecified atom stereocenters. The maximum Gasteiger partial charge on any atom is 0.241 e. The Labute approximate surface area is 185 Å². The van der Waals surface area contributed by atoms with Gasteiger partial charge in [0.2, 0.25) is 6.43 Å². The minimum absolute atomic E-state index is 0.125. The number of halogens is 2. The average Bonchev–Trinajstić information content (AvgIpc) is 2.96. The van der Waals surface area contributed by atoms with E-state index in [-0.39, 0.29) is 11.0 Å². The number of hydrogen-bond donors (Lipinski definition) is 1. The zero-order chi connectivity index (χ0) is 22.8. The number of fused-ring (bicyclic) bond motifs is 1. The van der Waals surface area contributed by atoms with Crippen molar-refractivity contribution in [1.82, 2.24) is 4.90 Å². The number of hydrogen-bond acceptors (Lipinski definition) is 3. The third kappa shape index (κ3) is 3.78. The number of likely N-dealkylation sites (tertiary alicyclic amines) is 1. The molecule has 2 heterocycles. The van der Waals surface area contributed by atoms with Crippen LogP contribution in [0.2, 0.25) is 0 Å². The zero-order valence-electron chi connectivity index (χ0n) is 18.8. The summed E-state index contributed by atoms with van der Waals surface area (Å²) in [5.41, 5.74) is 11.4. The molecule has 168 valence electrons. The predicted octanol–water partition coefficient (Wildman–Crippen LogP) is 4.56. The van der Waals surface area contributed by atoms with Crippen molar-refractivity contribution in [3.05, 3.63) is 47.6 Å². The van der Waals surface area contributed by atoms with E-state index < -0.39 is 21.5 Å². The van der Waals surface area contributed by atoms with Crippen LogP contribution >= 0.6 is 9.21 Å². The van der Waals surface area contributed by atoms with Crippen LogP contribution in [0.4, 0.5) is 8.78 Å². The van der Waals surface area contributed by atoms with E-state index >= 15 is 0 Å². The summed E-state index contributed by atoms with van der Waals surface area (Å²) in [6.07, 6.45) is 3.08. The minimum atomic E-state index is -2.36. The van der Waals surface area contributed by atoms with E-state index in [9.17, 15) is 8.78 Å². The third-order valence-electron chi connectivity index (χ3n) is 7.07. The summed E-state index contributed by atoms with van der Waals surface area (Å²) in [4.78, 5) is 8.00. The van der Waals surface area contributed by atoms with Gasteiger partial charge in [-0.25, -0.2) is 8.78 Å². The molecule has 2 N–H and O–H groups in total. The highest BCUT2D eigenvalue weighted by atomic mass is 32.2. The van der Waals surface area contributed by atoms with Gasteiger partial charge in [0.25, 0.3) is 0 Å². The van der Waals surface area contributed by atoms with Crippen molar-refractivity contribution < 1.29 is 8.78 Å². The first-order valence-corrected chi connectivity index (χ1v) is 13.0. The third-order valence-corrected chi connectivity index (χ3v) is 8.46. The summed E-state index contributed by atoms with van der Waals surface area (Å²) in [5, 5.41) is 0. The van der Waals surface area contributed by atoms with Gasteiger partial charge in [-0.2, -0.15) is 9.21 Å². The molecule has 2 fully saturated rings. The molecule has 1 aliphatic carbocycles. The van der Waals surface area contributed by atoms with E-state index in [2.05, 4.69) is 42.3 Å². The number of allylic oxidation sites excluding steroid dienone is 1. The number of piperidine rings is 1. The highest BCUT2D eigenvalue weighted by Crippen LogP contribution is 2.62. The van der Waals surface area contributed by atoms with Crippen LogP contribution in [0, 0.1) is 11.3 Å². The quantitative estimate of drug-likeness (QED) is 0.625. The maximum atomic E-state index is 13.3. The molecule has 3 atom stereocenters. The average molecular weight is 446 g/mol. The van der Waals surface area contributed by atoms with Gasteiger partial charge in [0.05, 0.1) is 12.0 Å². The normalized spacial score (nSPS) is 28.4. The fourth-order valence-electron chi connectivity index (χ4n) is 4.99. The minimum Gasteiger partial charge on any atom is -0.369 e. The second-order valence-corrected chi connectivity index (χ2v) is 13.0. The number of aliphatic imine (C=N–C) groups is 1. The Kier molecular flexibility index (Phi) is 5.25. The van der Waals surface area contributed by atoms with E-state index in [1.165, 1.54) is 5.57 Å². The van der Waals surface area contributed by atoms with Crippen LogP contribution in [0.5, 0.6) is 0 Å². The van der Waals surface area contributed by atoms with Gasteiger partial charge in [-0.3, -0.25) is 4.99 Å². The standard InChI is InChI=1S/C25H33F2N3S/c1-16-9-22(29-12-16)24-13-25(24,28)15-30(14-24)18(3)21-11-20(31(4,5)6)8-7-19(21)10-17(2)23(26)27/h7-9,11,17,23H,3-5,10,12-15,28H2,1-2,6H3. The molecule has 4 rings (SSSR count). The van der Waals surface area contributed by atoms with Crippen molar-refractivity contribution in [3.63, 3.8) is 0 Å². The Bertz CT molecular complexity index is 1100. The molecule has 1 saturated carbocycles. The van der Waals surface area contributed by atoms with Gasteiger partial charge < -0.3 is 10.6 Å². The molecule has 0 radical (unpaired) electrons. The molecule has 3 aliphatic rings. The number of benzene rings is 1. The van der Waals surface area contributed by atoms with Crippen LogP contribution in [0.15, 0.2) is 46.3 Å². The largest absolute Gasteiger partial charge is 0.369 e. The Hall–Kier alpha value is -1.92. The smallest absolute Gasteiger partial charge is 0.241 e. The molecule has 6 heteroatoms. The van der Waals surface area contributed by atoms with Gasteiger partial charge >= 0.3 is 0 Å². The first-order valence-electron chi connectivity index (χ1n) is 10.7. The number of nitrogens with zero attached hydrogens (tertiary/aromatic N) is 2. The van der Waals surface area contributed by atoms with E-state index in [0.717, 1.165) is 46.9 Å². The molecule has 0 spiro atoms. The summed E-state index contributed by atoms with van der Waals surface area (Å²) < 4.78 is 26.6. The fourth-order valence-corrected chi connectivity index (χ4v) is 5.79. The van der Waals surface area contributed by atoms with Crippen LogP contribution in [-0.4, -0.2) is 60.2 Å². The molecule has 1 aromatic carbocycles. The highest BCUT2D eigenvalue weighted by molar-refractivity contribution is 8.27. The molecule has 31 heavy (non-hydrogen) atoms. The topological polar surface area (TPSA) is 41.6 Å². The summed E-state index contributed by atoms with van der Waals surface area (Å²) in [7, 11) is -1.45. The lowest BCUT2D eigenvalue weighted by Gasteiger charge is -2.28. The van der Waals surface area contributed by atoms with Gasteiger partial charge in [-0.15, -0.1) is 0 Å². The maximum absolute atomic E-state index is 13.3. The first-order chi connectivity index (χ1) is 14.4. The van der Waals surface area contributed by atoms with Crippen LogP contribution in [0.3, 0.4) is 0 Å². The van der Waals surface area contributed by atoms with Gasteiger partial charge in [0, 0.05) is 41.5 Å². The summed E-state index contributed by atoms with van der Waals surface area (Å²) in [6.45, 7) is 10.3. The van der Waals surface area contributed by atoms with Crippen LogP contribution in [0.1, 0.15) is 31.4 Å². The van der Waals surface area contributed by atoms with Crippen molar-refractivity contribution in [2.24, 2.45) is 22.1 Å². The lowest BCUT2D eigenvalue weighted by molar-refractivity contribution is 0.0865. The molecule has 0 aromatic heterocycles. The zero-order valence-corrected chi connectivity index (χ0v) is 19.6. The van der Waals surface area contributed by atoms with E-state index in [0.29, 0.717) is 13.0 Å². The molecular weight excluding hydrogens is 412 g/mol. The molecule has 3 nitrogen and oxygen atoms in total. The molecule has 1 aromatic rings. The molecular formula is C25H33F2N3S. The monoisotopic (exact) mass is 445 g/mol.